The Morgan fingerprint density at radius 3 is 2.38 bits per heavy atom. The first-order valence-electron chi connectivity index (χ1n) is 13.4. The van der Waals surface area contributed by atoms with Gasteiger partial charge < -0.3 is 19.6 Å². The van der Waals surface area contributed by atoms with E-state index in [2.05, 4.69) is 14.9 Å². The Labute approximate surface area is 251 Å². The van der Waals surface area contributed by atoms with Crippen LogP contribution in [0, 0.1) is 15.9 Å². The lowest BCUT2D eigenvalue weighted by Gasteiger charge is -2.40. The summed E-state index contributed by atoms with van der Waals surface area (Å²) in [7, 11) is 0. The highest BCUT2D eigenvalue weighted by atomic mass is 35.5. The predicted octanol–water partition coefficient (Wildman–Crippen LogP) is 3.97. The minimum Gasteiger partial charge on any atom is -0.368 e. The second-order valence-corrected chi connectivity index (χ2v) is 11.4. The first-order valence-corrected chi connectivity index (χ1v) is 14.8. The van der Waals surface area contributed by atoms with Crippen LogP contribution < -0.4 is 9.80 Å². The highest BCUT2D eigenvalue weighted by Gasteiger charge is 2.30. The quantitative estimate of drug-likeness (QED) is 0.128. The van der Waals surface area contributed by atoms with E-state index in [-0.39, 0.29) is 40.0 Å². The van der Waals surface area contributed by atoms with Crippen LogP contribution in [0.3, 0.4) is 0 Å². The molecule has 11 nitrogen and oxygen atoms in total. The van der Waals surface area contributed by atoms with Gasteiger partial charge in [-0.2, -0.15) is 0 Å². The van der Waals surface area contributed by atoms with Crippen molar-refractivity contribution in [2.45, 2.75) is 18.1 Å². The Balaban J connectivity index is 1.14. The van der Waals surface area contributed by atoms with E-state index in [4.69, 9.17) is 11.6 Å². The molecule has 42 heavy (non-hydrogen) atoms. The van der Waals surface area contributed by atoms with Crippen molar-refractivity contribution in [3.63, 3.8) is 0 Å². The number of hydrogen-bond acceptors (Lipinski definition) is 9. The number of nitro benzene ring substituents is 1. The number of rotatable bonds is 7. The van der Waals surface area contributed by atoms with Gasteiger partial charge in [-0.15, -0.1) is 0 Å². The number of halogens is 2. The zero-order valence-electron chi connectivity index (χ0n) is 22.9. The number of anilines is 2. The van der Waals surface area contributed by atoms with Crippen molar-refractivity contribution in [1.82, 2.24) is 19.8 Å². The van der Waals surface area contributed by atoms with E-state index in [9.17, 15) is 24.1 Å². The highest BCUT2D eigenvalue weighted by Crippen LogP contribution is 2.26. The molecule has 0 saturated carbocycles. The fourth-order valence-electron chi connectivity index (χ4n) is 5.09. The number of nitrogens with zero attached hydrogens (tertiary/aromatic N) is 7. The number of piperazine rings is 2. The zero-order chi connectivity index (χ0) is 29.8. The molecule has 3 aromatic rings. The molecule has 2 saturated heterocycles. The molecule has 1 unspecified atom stereocenters. The van der Waals surface area contributed by atoms with Crippen molar-refractivity contribution in [2.75, 3.05) is 61.4 Å². The van der Waals surface area contributed by atoms with Gasteiger partial charge in [-0.25, -0.2) is 14.4 Å². The maximum Gasteiger partial charge on any atom is 0.269 e. The van der Waals surface area contributed by atoms with Crippen LogP contribution in [0.5, 0.6) is 0 Å². The van der Waals surface area contributed by atoms with Gasteiger partial charge in [-0.1, -0.05) is 35.5 Å². The Morgan fingerprint density at radius 1 is 1.02 bits per heavy atom. The molecule has 2 aliphatic rings. The van der Waals surface area contributed by atoms with E-state index in [1.54, 1.807) is 40.1 Å². The lowest BCUT2D eigenvalue weighted by Crippen LogP contribution is -2.54. The normalized spacial score (nSPS) is 17.4. The first-order chi connectivity index (χ1) is 20.2. The number of benzene rings is 2. The summed E-state index contributed by atoms with van der Waals surface area (Å²) in [4.78, 5) is 52.8. The fraction of sp³-hybridized carbons (Fsp3) is 0.357. The summed E-state index contributed by atoms with van der Waals surface area (Å²) in [6, 6.07) is 13.8. The smallest absolute Gasteiger partial charge is 0.269 e. The van der Waals surface area contributed by atoms with Gasteiger partial charge in [-0.05, 0) is 31.2 Å². The SMILES string of the molecule is CC1CN(c2cc(Cl)nc(SCC(=O)N3CCN(c4ccc([N+](=O)[O-])cc4)CC3)n2)CCN1C(=O)c1ccccc1F. The van der Waals surface area contributed by atoms with E-state index < -0.39 is 10.7 Å². The van der Waals surface area contributed by atoms with Crippen LogP contribution in [0.2, 0.25) is 5.15 Å². The van der Waals surface area contributed by atoms with Gasteiger partial charge in [-0.3, -0.25) is 19.7 Å². The Bertz CT molecular complexity index is 1470. The first kappa shape index (κ1) is 29.5. The summed E-state index contributed by atoms with van der Waals surface area (Å²) in [5.74, 6) is -0.168. The maximum atomic E-state index is 14.2. The van der Waals surface area contributed by atoms with Gasteiger partial charge in [0, 0.05) is 75.7 Å². The molecule has 2 aliphatic heterocycles. The maximum absolute atomic E-state index is 14.2. The van der Waals surface area contributed by atoms with Gasteiger partial charge in [0.05, 0.1) is 16.2 Å². The third-order valence-electron chi connectivity index (χ3n) is 7.36. The van der Waals surface area contributed by atoms with E-state index >= 15 is 0 Å². The Morgan fingerprint density at radius 2 is 1.71 bits per heavy atom. The highest BCUT2D eigenvalue weighted by molar-refractivity contribution is 7.99. The summed E-state index contributed by atoms with van der Waals surface area (Å²) >= 11 is 7.52. The number of non-ortho nitro benzene ring substituents is 1. The molecule has 0 radical (unpaired) electrons. The summed E-state index contributed by atoms with van der Waals surface area (Å²) < 4.78 is 14.2. The molecule has 0 bridgehead atoms. The molecular weight excluding hydrogens is 585 g/mol. The monoisotopic (exact) mass is 613 g/mol. The molecule has 3 heterocycles. The molecule has 5 rings (SSSR count). The predicted molar refractivity (Wildman–Crippen MR) is 159 cm³/mol. The Hall–Kier alpha value is -3.97. The summed E-state index contributed by atoms with van der Waals surface area (Å²) in [5.41, 5.74) is 0.982. The van der Waals surface area contributed by atoms with Crippen molar-refractivity contribution in [3.8, 4) is 0 Å². The molecule has 2 aromatic carbocycles. The largest absolute Gasteiger partial charge is 0.368 e. The number of thioether (sulfide) groups is 1. The third-order valence-corrected chi connectivity index (χ3v) is 8.39. The number of hydrogen-bond donors (Lipinski definition) is 0. The second-order valence-electron chi connectivity index (χ2n) is 10.0. The lowest BCUT2D eigenvalue weighted by atomic mass is 10.1. The van der Waals surface area contributed by atoms with Crippen LogP contribution in [-0.4, -0.2) is 94.1 Å². The zero-order valence-corrected chi connectivity index (χ0v) is 24.4. The molecule has 220 valence electrons. The number of amides is 2. The number of carbonyl (C=O) groups excluding carboxylic acids is 2. The van der Waals surface area contributed by atoms with E-state index in [0.29, 0.717) is 56.8 Å². The standard InChI is InChI=1S/C28H29ClFN7O4S/c1-19-17-35(14-15-36(19)27(39)22-4-2-3-5-23(22)30)25-16-24(29)31-28(32-25)42-18-26(38)34-12-10-33(11-13-34)20-6-8-21(9-7-20)37(40)41/h2-9,16,19H,10-15,17-18H2,1H3. The molecular formula is C28H29ClFN7O4S. The van der Waals surface area contributed by atoms with E-state index in [1.807, 2.05) is 11.8 Å². The molecule has 2 fully saturated rings. The minimum absolute atomic E-state index is 0.0395. The molecule has 1 aromatic heterocycles. The van der Waals surface area contributed by atoms with Crippen LogP contribution in [0.4, 0.5) is 21.6 Å². The van der Waals surface area contributed by atoms with E-state index in [1.165, 1.54) is 36.0 Å². The third kappa shape index (κ3) is 6.73. The van der Waals surface area contributed by atoms with Gasteiger partial charge in [0.2, 0.25) is 5.91 Å². The van der Waals surface area contributed by atoms with Gasteiger partial charge in [0.15, 0.2) is 5.16 Å². The van der Waals surface area contributed by atoms with Crippen molar-refractivity contribution < 1.29 is 18.9 Å². The number of aromatic nitrogens is 2. The fourth-order valence-corrected chi connectivity index (χ4v) is 6.07. The van der Waals surface area contributed by atoms with Crippen molar-refractivity contribution in [3.05, 3.63) is 81.2 Å². The summed E-state index contributed by atoms with van der Waals surface area (Å²) in [6.07, 6.45) is 0. The number of nitro groups is 1. The molecule has 0 spiro atoms. The van der Waals surface area contributed by atoms with Crippen molar-refractivity contribution >= 4 is 52.4 Å². The molecule has 2 amide bonds. The Kier molecular flexibility index (Phi) is 9.07. The van der Waals surface area contributed by atoms with Crippen LogP contribution in [-0.2, 0) is 4.79 Å². The average Bonchev–Trinajstić information content (AvgIpc) is 2.99. The topological polar surface area (TPSA) is 116 Å². The van der Waals surface area contributed by atoms with Gasteiger partial charge in [0.25, 0.3) is 11.6 Å². The van der Waals surface area contributed by atoms with Gasteiger partial charge >= 0.3 is 0 Å². The lowest BCUT2D eigenvalue weighted by molar-refractivity contribution is -0.384. The van der Waals surface area contributed by atoms with Gasteiger partial charge in [0.1, 0.15) is 16.8 Å². The van der Waals surface area contributed by atoms with Crippen LogP contribution in [0.25, 0.3) is 0 Å². The van der Waals surface area contributed by atoms with Crippen LogP contribution in [0.1, 0.15) is 17.3 Å². The van der Waals surface area contributed by atoms with Crippen LogP contribution >= 0.6 is 23.4 Å². The van der Waals surface area contributed by atoms with Crippen molar-refractivity contribution in [2.24, 2.45) is 0 Å². The van der Waals surface area contributed by atoms with E-state index in [0.717, 1.165) is 5.69 Å². The summed E-state index contributed by atoms with van der Waals surface area (Å²) in [5, 5.41) is 11.5. The molecule has 0 aliphatic carbocycles. The summed E-state index contributed by atoms with van der Waals surface area (Å²) in [6.45, 7) is 5.57. The molecule has 0 N–H and O–H groups in total. The molecule has 14 heteroatoms. The number of carbonyl (C=O) groups is 2. The average molecular weight is 614 g/mol. The molecule has 1 atom stereocenters. The van der Waals surface area contributed by atoms with Crippen molar-refractivity contribution in [1.29, 1.82) is 0 Å². The second kappa shape index (κ2) is 12.9. The minimum atomic E-state index is -0.540. The van der Waals surface area contributed by atoms with Crippen LogP contribution in [0.15, 0.2) is 59.8 Å².